The van der Waals surface area contributed by atoms with Gasteiger partial charge in [-0.3, -0.25) is 10.1 Å². The number of nitrogens with zero attached hydrogens (tertiary/aromatic N) is 2. The van der Waals surface area contributed by atoms with Gasteiger partial charge in [-0.2, -0.15) is 0 Å². The molecule has 0 bridgehead atoms. The predicted molar refractivity (Wildman–Crippen MR) is 63.6 cm³/mol. The number of pyridine rings is 1. The van der Waals surface area contributed by atoms with E-state index in [0.29, 0.717) is 17.6 Å². The summed E-state index contributed by atoms with van der Waals surface area (Å²) in [5.74, 6) is 0.698. The Morgan fingerprint density at radius 2 is 2.25 bits per heavy atom. The Morgan fingerprint density at radius 3 is 2.75 bits per heavy atom. The van der Waals surface area contributed by atoms with Crippen LogP contribution in [0.4, 0.5) is 11.5 Å². The molecule has 0 aliphatic rings. The fourth-order valence-electron chi connectivity index (χ4n) is 1.58. The summed E-state index contributed by atoms with van der Waals surface area (Å²) in [5.41, 5.74) is 0.507. The molecule has 1 heterocycles. The zero-order chi connectivity index (χ0) is 12.1. The number of anilines is 1. The van der Waals surface area contributed by atoms with Crippen molar-refractivity contribution in [1.29, 1.82) is 0 Å². The van der Waals surface area contributed by atoms with E-state index in [4.69, 9.17) is 0 Å². The van der Waals surface area contributed by atoms with Gasteiger partial charge in [-0.15, -0.1) is 0 Å². The first-order valence-corrected chi connectivity index (χ1v) is 5.43. The lowest BCUT2D eigenvalue weighted by Crippen LogP contribution is -2.15. The van der Waals surface area contributed by atoms with E-state index in [2.05, 4.69) is 24.1 Å². The number of aryl methyl sites for hydroxylation is 1. The first-order chi connectivity index (χ1) is 7.54. The fraction of sp³-hybridized carbons (Fsp3) is 0.545. The molecule has 0 saturated carbocycles. The molecule has 88 valence electrons. The van der Waals surface area contributed by atoms with Crippen LogP contribution >= 0.6 is 0 Å². The Morgan fingerprint density at radius 1 is 1.56 bits per heavy atom. The van der Waals surface area contributed by atoms with Crippen LogP contribution in [0.5, 0.6) is 0 Å². The van der Waals surface area contributed by atoms with Gasteiger partial charge >= 0.3 is 0 Å². The highest BCUT2D eigenvalue weighted by Crippen LogP contribution is 2.18. The van der Waals surface area contributed by atoms with Crippen molar-refractivity contribution in [2.75, 3.05) is 5.32 Å². The molecular weight excluding hydrogens is 206 g/mol. The number of hydrogen-bond donors (Lipinski definition) is 1. The van der Waals surface area contributed by atoms with E-state index in [0.717, 1.165) is 12.8 Å². The highest BCUT2D eigenvalue weighted by molar-refractivity contribution is 5.45. The molecule has 0 saturated heterocycles. The summed E-state index contributed by atoms with van der Waals surface area (Å²) in [6.07, 6.45) is 2.15. The summed E-state index contributed by atoms with van der Waals surface area (Å²) >= 11 is 0. The van der Waals surface area contributed by atoms with E-state index in [-0.39, 0.29) is 5.69 Å². The molecule has 5 nitrogen and oxygen atoms in total. The first-order valence-electron chi connectivity index (χ1n) is 5.43. The Kier molecular flexibility index (Phi) is 4.22. The monoisotopic (exact) mass is 223 g/mol. The van der Waals surface area contributed by atoms with Crippen LogP contribution in [0.25, 0.3) is 0 Å². The second-order valence-electron chi connectivity index (χ2n) is 3.89. The standard InChI is InChI=1S/C11H17N3O2/c1-4-5-8(2)12-11-7-6-10(14(15)16)9(3)13-11/h6-8H,4-5H2,1-3H3,(H,12,13). The number of nitrogens with one attached hydrogen (secondary N) is 1. The first kappa shape index (κ1) is 12.4. The number of rotatable bonds is 5. The fourth-order valence-corrected chi connectivity index (χ4v) is 1.58. The normalized spacial score (nSPS) is 12.2. The Bertz CT molecular complexity index is 379. The van der Waals surface area contributed by atoms with Gasteiger partial charge < -0.3 is 5.32 Å². The summed E-state index contributed by atoms with van der Waals surface area (Å²) in [7, 11) is 0. The van der Waals surface area contributed by atoms with Gasteiger partial charge in [0, 0.05) is 12.1 Å². The maximum atomic E-state index is 10.6. The Hall–Kier alpha value is -1.65. The average Bonchev–Trinajstić information content (AvgIpc) is 2.17. The van der Waals surface area contributed by atoms with E-state index in [1.165, 1.54) is 6.07 Å². The Balaban J connectivity index is 2.77. The lowest BCUT2D eigenvalue weighted by atomic mass is 10.2. The van der Waals surface area contributed by atoms with Crippen molar-refractivity contribution in [3.05, 3.63) is 27.9 Å². The molecule has 0 aliphatic heterocycles. The van der Waals surface area contributed by atoms with Crippen molar-refractivity contribution >= 4 is 11.5 Å². The van der Waals surface area contributed by atoms with E-state index >= 15 is 0 Å². The van der Waals surface area contributed by atoms with E-state index in [1.54, 1.807) is 13.0 Å². The second-order valence-corrected chi connectivity index (χ2v) is 3.89. The number of aromatic nitrogens is 1. The van der Waals surface area contributed by atoms with Crippen LogP contribution in [-0.4, -0.2) is 15.9 Å². The SMILES string of the molecule is CCCC(C)Nc1ccc([N+](=O)[O-])c(C)n1. The second kappa shape index (κ2) is 5.44. The van der Waals surface area contributed by atoms with Crippen molar-refractivity contribution in [2.24, 2.45) is 0 Å². The molecule has 0 radical (unpaired) electrons. The minimum absolute atomic E-state index is 0.0636. The van der Waals surface area contributed by atoms with Gasteiger partial charge in [-0.05, 0) is 26.3 Å². The predicted octanol–water partition coefficient (Wildman–Crippen LogP) is 2.90. The third-order valence-electron chi connectivity index (χ3n) is 2.37. The van der Waals surface area contributed by atoms with Crippen molar-refractivity contribution in [1.82, 2.24) is 4.98 Å². The third-order valence-corrected chi connectivity index (χ3v) is 2.37. The van der Waals surface area contributed by atoms with E-state index < -0.39 is 4.92 Å². The van der Waals surface area contributed by atoms with Crippen LogP contribution in [0, 0.1) is 17.0 Å². The number of hydrogen-bond acceptors (Lipinski definition) is 4. The molecular formula is C11H17N3O2. The van der Waals surface area contributed by atoms with E-state index in [9.17, 15) is 10.1 Å². The average molecular weight is 223 g/mol. The summed E-state index contributed by atoms with van der Waals surface area (Å²) in [5, 5.41) is 13.8. The lowest BCUT2D eigenvalue weighted by Gasteiger charge is -2.13. The summed E-state index contributed by atoms with van der Waals surface area (Å²) in [6.45, 7) is 5.84. The molecule has 0 aliphatic carbocycles. The third kappa shape index (κ3) is 3.18. The molecule has 5 heteroatoms. The van der Waals surface area contributed by atoms with E-state index in [1.807, 2.05) is 0 Å². The summed E-state index contributed by atoms with van der Waals surface area (Å²) in [6, 6.07) is 3.47. The van der Waals surface area contributed by atoms with Crippen molar-refractivity contribution < 1.29 is 4.92 Å². The van der Waals surface area contributed by atoms with Crippen LogP contribution < -0.4 is 5.32 Å². The summed E-state index contributed by atoms with van der Waals surface area (Å²) < 4.78 is 0. The highest BCUT2D eigenvalue weighted by Gasteiger charge is 2.12. The minimum atomic E-state index is -0.415. The molecule has 1 rings (SSSR count). The van der Waals surface area contributed by atoms with Crippen LogP contribution in [0.3, 0.4) is 0 Å². The zero-order valence-electron chi connectivity index (χ0n) is 9.86. The molecule has 16 heavy (non-hydrogen) atoms. The summed E-state index contributed by atoms with van der Waals surface area (Å²) in [4.78, 5) is 14.4. The molecule has 0 amide bonds. The minimum Gasteiger partial charge on any atom is -0.368 e. The lowest BCUT2D eigenvalue weighted by molar-refractivity contribution is -0.385. The largest absolute Gasteiger partial charge is 0.368 e. The van der Waals surface area contributed by atoms with Gasteiger partial charge in [-0.25, -0.2) is 4.98 Å². The van der Waals surface area contributed by atoms with Crippen molar-refractivity contribution in [3.8, 4) is 0 Å². The molecule has 0 spiro atoms. The van der Waals surface area contributed by atoms with Crippen LogP contribution in [-0.2, 0) is 0 Å². The van der Waals surface area contributed by atoms with Gasteiger partial charge in [0.15, 0.2) is 0 Å². The molecule has 1 unspecified atom stereocenters. The zero-order valence-corrected chi connectivity index (χ0v) is 9.86. The highest BCUT2D eigenvalue weighted by atomic mass is 16.6. The molecule has 0 aromatic carbocycles. The molecule has 1 N–H and O–H groups in total. The quantitative estimate of drug-likeness (QED) is 0.615. The van der Waals surface area contributed by atoms with Gasteiger partial charge in [-0.1, -0.05) is 13.3 Å². The molecule has 1 atom stereocenters. The maximum absolute atomic E-state index is 10.6. The van der Waals surface area contributed by atoms with Crippen molar-refractivity contribution in [2.45, 2.75) is 39.7 Å². The molecule has 0 fully saturated rings. The maximum Gasteiger partial charge on any atom is 0.290 e. The molecule has 1 aromatic heterocycles. The smallest absolute Gasteiger partial charge is 0.290 e. The van der Waals surface area contributed by atoms with Crippen molar-refractivity contribution in [3.63, 3.8) is 0 Å². The van der Waals surface area contributed by atoms with Gasteiger partial charge in [0.2, 0.25) is 0 Å². The number of nitro groups is 1. The van der Waals surface area contributed by atoms with Gasteiger partial charge in [0.1, 0.15) is 11.5 Å². The molecule has 1 aromatic rings. The van der Waals surface area contributed by atoms with Crippen LogP contribution in [0.2, 0.25) is 0 Å². The van der Waals surface area contributed by atoms with Crippen LogP contribution in [0.1, 0.15) is 32.4 Å². The van der Waals surface area contributed by atoms with Gasteiger partial charge in [0.05, 0.1) is 4.92 Å². The Labute approximate surface area is 95.0 Å². The topological polar surface area (TPSA) is 68.1 Å². The van der Waals surface area contributed by atoms with Gasteiger partial charge in [0.25, 0.3) is 5.69 Å². The van der Waals surface area contributed by atoms with Crippen LogP contribution in [0.15, 0.2) is 12.1 Å².